The van der Waals surface area contributed by atoms with E-state index >= 15 is 0 Å². The van der Waals surface area contributed by atoms with Gasteiger partial charge in [-0.25, -0.2) is 13.1 Å². The molecule has 17 heavy (non-hydrogen) atoms. The van der Waals surface area contributed by atoms with Gasteiger partial charge >= 0.3 is 0 Å². The zero-order valence-electron chi connectivity index (χ0n) is 9.89. The third kappa shape index (κ3) is 3.06. The van der Waals surface area contributed by atoms with Crippen LogP contribution in [0.5, 0.6) is 0 Å². The molecule has 0 aromatic heterocycles. The minimum Gasteiger partial charge on any atom is -0.327 e. The zero-order valence-corrected chi connectivity index (χ0v) is 10.7. The third-order valence-electron chi connectivity index (χ3n) is 3.20. The van der Waals surface area contributed by atoms with E-state index in [9.17, 15) is 8.42 Å². The lowest BCUT2D eigenvalue weighted by Crippen LogP contribution is -2.25. The van der Waals surface area contributed by atoms with E-state index < -0.39 is 10.0 Å². The average molecular weight is 254 g/mol. The second-order valence-corrected chi connectivity index (χ2v) is 6.44. The van der Waals surface area contributed by atoms with Gasteiger partial charge in [-0.2, -0.15) is 0 Å². The summed E-state index contributed by atoms with van der Waals surface area (Å²) in [6, 6.07) is 7.14. The Kier molecular flexibility index (Phi) is 3.51. The molecular weight excluding hydrogens is 236 g/mol. The molecule has 0 radical (unpaired) electrons. The number of sulfonamides is 1. The van der Waals surface area contributed by atoms with Crippen molar-refractivity contribution in [2.45, 2.75) is 30.2 Å². The number of nitrogens with one attached hydrogen (secondary N) is 1. The van der Waals surface area contributed by atoms with Crippen molar-refractivity contribution in [2.75, 3.05) is 7.05 Å². The largest absolute Gasteiger partial charge is 0.327 e. The Morgan fingerprint density at radius 2 is 1.94 bits per heavy atom. The highest BCUT2D eigenvalue weighted by Crippen LogP contribution is 2.32. The molecule has 3 N–H and O–H groups in total. The topological polar surface area (TPSA) is 72.2 Å². The van der Waals surface area contributed by atoms with E-state index in [2.05, 4.69) is 4.72 Å². The zero-order chi connectivity index (χ0) is 12.5. The molecule has 2 rings (SSSR count). The van der Waals surface area contributed by atoms with Crippen LogP contribution >= 0.6 is 0 Å². The highest BCUT2D eigenvalue weighted by atomic mass is 32.2. The molecule has 94 valence electrons. The van der Waals surface area contributed by atoms with E-state index in [-0.39, 0.29) is 6.04 Å². The predicted molar refractivity (Wildman–Crippen MR) is 67.1 cm³/mol. The van der Waals surface area contributed by atoms with Gasteiger partial charge in [0.15, 0.2) is 0 Å². The van der Waals surface area contributed by atoms with Crippen LogP contribution in [0.4, 0.5) is 0 Å². The van der Waals surface area contributed by atoms with Gasteiger partial charge in [-0.05, 0) is 49.9 Å². The summed E-state index contributed by atoms with van der Waals surface area (Å²) >= 11 is 0. The molecule has 1 aromatic carbocycles. The molecule has 1 aliphatic carbocycles. The fourth-order valence-corrected chi connectivity index (χ4v) is 2.62. The first-order chi connectivity index (χ1) is 8.03. The molecule has 0 bridgehead atoms. The summed E-state index contributed by atoms with van der Waals surface area (Å²) in [7, 11) is -1.92. The molecule has 1 unspecified atom stereocenters. The smallest absolute Gasteiger partial charge is 0.240 e. The van der Waals surface area contributed by atoms with Crippen LogP contribution in [0.3, 0.4) is 0 Å². The monoisotopic (exact) mass is 254 g/mol. The lowest BCUT2D eigenvalue weighted by Gasteiger charge is -2.10. The van der Waals surface area contributed by atoms with Crippen LogP contribution in [0, 0.1) is 5.92 Å². The van der Waals surface area contributed by atoms with Gasteiger partial charge in [-0.15, -0.1) is 0 Å². The quantitative estimate of drug-likeness (QED) is 0.819. The summed E-state index contributed by atoms with van der Waals surface area (Å²) in [5, 5.41) is 0. The lowest BCUT2D eigenvalue weighted by molar-refractivity contribution is 0.586. The van der Waals surface area contributed by atoms with Crippen molar-refractivity contribution in [1.29, 1.82) is 0 Å². The predicted octanol–water partition coefficient (Wildman–Crippen LogP) is 0.874. The van der Waals surface area contributed by atoms with Crippen LogP contribution < -0.4 is 10.5 Å². The third-order valence-corrected chi connectivity index (χ3v) is 4.63. The fourth-order valence-electron chi connectivity index (χ4n) is 1.89. The molecule has 1 atom stereocenters. The molecule has 1 saturated carbocycles. The maximum absolute atomic E-state index is 11.5. The first-order valence-electron chi connectivity index (χ1n) is 5.81. The second-order valence-electron chi connectivity index (χ2n) is 4.56. The summed E-state index contributed by atoms with van der Waals surface area (Å²) < 4.78 is 25.3. The molecule has 0 aliphatic heterocycles. The van der Waals surface area contributed by atoms with Crippen molar-refractivity contribution in [1.82, 2.24) is 4.72 Å². The summed E-state index contributed by atoms with van der Waals surface area (Å²) in [6.45, 7) is 0. The Labute approximate surface area is 102 Å². The van der Waals surface area contributed by atoms with Gasteiger partial charge < -0.3 is 5.73 Å². The summed E-state index contributed by atoms with van der Waals surface area (Å²) in [5.74, 6) is 0.663. The van der Waals surface area contributed by atoms with Crippen LogP contribution in [0.25, 0.3) is 0 Å². The Bertz CT molecular complexity index is 478. The highest BCUT2D eigenvalue weighted by molar-refractivity contribution is 7.89. The molecule has 4 nitrogen and oxygen atoms in total. The first kappa shape index (κ1) is 12.5. The van der Waals surface area contributed by atoms with Crippen molar-refractivity contribution < 1.29 is 8.42 Å². The van der Waals surface area contributed by atoms with Gasteiger partial charge in [-0.1, -0.05) is 12.1 Å². The standard InChI is InChI=1S/C12H18N2O2S/c1-14-17(15,16)11-6-2-9(3-7-11)8-12(13)10-4-5-10/h2-3,6-7,10,12,14H,4-5,8,13H2,1H3. The summed E-state index contributed by atoms with van der Waals surface area (Å²) in [5.41, 5.74) is 7.13. The van der Waals surface area contributed by atoms with E-state index in [1.165, 1.54) is 19.9 Å². The van der Waals surface area contributed by atoms with Crippen molar-refractivity contribution >= 4 is 10.0 Å². The van der Waals surface area contributed by atoms with Crippen molar-refractivity contribution in [2.24, 2.45) is 11.7 Å². The van der Waals surface area contributed by atoms with Crippen LogP contribution in [0.15, 0.2) is 29.2 Å². The number of hydrogen-bond donors (Lipinski definition) is 2. The minimum atomic E-state index is -3.33. The number of nitrogens with two attached hydrogens (primary N) is 1. The number of benzene rings is 1. The van der Waals surface area contributed by atoms with Gasteiger partial charge in [0.1, 0.15) is 0 Å². The second kappa shape index (κ2) is 4.76. The minimum absolute atomic E-state index is 0.210. The lowest BCUT2D eigenvalue weighted by atomic mass is 10.0. The molecule has 1 aromatic rings. The van der Waals surface area contributed by atoms with Crippen LogP contribution in [0.1, 0.15) is 18.4 Å². The Balaban J connectivity index is 2.07. The summed E-state index contributed by atoms with van der Waals surface area (Å²) in [6.07, 6.45) is 3.28. The number of rotatable bonds is 5. The molecule has 0 heterocycles. The fraction of sp³-hybridized carbons (Fsp3) is 0.500. The highest BCUT2D eigenvalue weighted by Gasteiger charge is 2.28. The molecular formula is C12H18N2O2S. The van der Waals surface area contributed by atoms with Crippen molar-refractivity contribution in [3.8, 4) is 0 Å². The Morgan fingerprint density at radius 3 is 2.41 bits per heavy atom. The van der Waals surface area contributed by atoms with E-state index in [0.717, 1.165) is 12.0 Å². The molecule has 0 amide bonds. The van der Waals surface area contributed by atoms with E-state index in [0.29, 0.717) is 10.8 Å². The van der Waals surface area contributed by atoms with Crippen LogP contribution in [0.2, 0.25) is 0 Å². The average Bonchev–Trinajstić information content (AvgIpc) is 3.13. The number of hydrogen-bond acceptors (Lipinski definition) is 3. The van der Waals surface area contributed by atoms with Crippen LogP contribution in [-0.4, -0.2) is 21.5 Å². The van der Waals surface area contributed by atoms with E-state index in [1.54, 1.807) is 12.1 Å². The summed E-state index contributed by atoms with van der Waals surface area (Å²) in [4.78, 5) is 0.295. The van der Waals surface area contributed by atoms with E-state index in [4.69, 9.17) is 5.73 Å². The molecule has 5 heteroatoms. The van der Waals surface area contributed by atoms with Crippen molar-refractivity contribution in [3.05, 3.63) is 29.8 Å². The molecule has 1 aliphatic rings. The Hall–Kier alpha value is -0.910. The SMILES string of the molecule is CNS(=O)(=O)c1ccc(CC(N)C2CC2)cc1. The van der Waals surface area contributed by atoms with Gasteiger partial charge in [-0.3, -0.25) is 0 Å². The van der Waals surface area contributed by atoms with Gasteiger partial charge in [0.25, 0.3) is 0 Å². The molecule has 0 spiro atoms. The van der Waals surface area contributed by atoms with Gasteiger partial charge in [0, 0.05) is 6.04 Å². The normalized spacial score (nSPS) is 18.0. The Morgan fingerprint density at radius 1 is 1.35 bits per heavy atom. The molecule has 0 saturated heterocycles. The van der Waals surface area contributed by atoms with Crippen LogP contribution in [-0.2, 0) is 16.4 Å². The van der Waals surface area contributed by atoms with E-state index in [1.807, 2.05) is 12.1 Å². The maximum Gasteiger partial charge on any atom is 0.240 e. The molecule has 1 fully saturated rings. The maximum atomic E-state index is 11.5. The first-order valence-corrected chi connectivity index (χ1v) is 7.29. The van der Waals surface area contributed by atoms with Crippen molar-refractivity contribution in [3.63, 3.8) is 0 Å². The van der Waals surface area contributed by atoms with Gasteiger partial charge in [0.05, 0.1) is 4.90 Å². The van der Waals surface area contributed by atoms with Gasteiger partial charge in [0.2, 0.25) is 10.0 Å².